The van der Waals surface area contributed by atoms with E-state index in [0.29, 0.717) is 35.9 Å². The van der Waals surface area contributed by atoms with E-state index in [2.05, 4.69) is 30.5 Å². The highest BCUT2D eigenvalue weighted by molar-refractivity contribution is 6.35. The number of aromatic hydroxyl groups is 1. The predicted octanol–water partition coefficient (Wildman–Crippen LogP) is 6.00. The van der Waals surface area contributed by atoms with Gasteiger partial charge in [-0.15, -0.1) is 0 Å². The summed E-state index contributed by atoms with van der Waals surface area (Å²) in [6, 6.07) is 12.8. The first kappa shape index (κ1) is 27.6. The first-order valence-corrected chi connectivity index (χ1v) is 14.9. The molecule has 5 aromatic rings. The molecular weight excluding hydrogens is 567 g/mol. The van der Waals surface area contributed by atoms with Gasteiger partial charge in [0.25, 0.3) is 0 Å². The van der Waals surface area contributed by atoms with Crippen LogP contribution in [-0.2, 0) is 4.79 Å². The first-order chi connectivity index (χ1) is 20.7. The van der Waals surface area contributed by atoms with E-state index in [9.17, 15) is 9.90 Å². The average Bonchev–Trinajstić information content (AvgIpc) is 3.42. The van der Waals surface area contributed by atoms with Gasteiger partial charge in [-0.2, -0.15) is 5.10 Å². The molecule has 2 aromatic heterocycles. The molecule has 1 N–H and O–H groups in total. The Morgan fingerprint density at radius 3 is 2.60 bits per heavy atom. The molecule has 2 saturated heterocycles. The molecular formula is C33H32ClFN6O2. The topological polar surface area (TPSA) is 77.7 Å². The van der Waals surface area contributed by atoms with Gasteiger partial charge >= 0.3 is 0 Å². The summed E-state index contributed by atoms with van der Waals surface area (Å²) in [6.45, 7) is 6.37. The van der Waals surface area contributed by atoms with Crippen LogP contribution in [0.4, 0.5) is 10.2 Å². The van der Waals surface area contributed by atoms with Crippen LogP contribution >= 0.6 is 11.6 Å². The van der Waals surface area contributed by atoms with Crippen molar-refractivity contribution in [3.8, 4) is 16.9 Å². The minimum atomic E-state index is -0.491. The summed E-state index contributed by atoms with van der Waals surface area (Å²) < 4.78 is 18.9. The monoisotopic (exact) mass is 598 g/mol. The second-order valence-corrected chi connectivity index (χ2v) is 12.1. The molecule has 7 rings (SSSR count). The Labute approximate surface area is 253 Å². The van der Waals surface area contributed by atoms with Crippen molar-refractivity contribution in [2.24, 2.45) is 0 Å². The second-order valence-electron chi connectivity index (χ2n) is 11.7. The zero-order valence-corrected chi connectivity index (χ0v) is 24.9. The molecule has 3 aromatic carbocycles. The molecule has 0 spiro atoms. The highest BCUT2D eigenvalue weighted by Gasteiger charge is 2.33. The van der Waals surface area contributed by atoms with E-state index in [-0.39, 0.29) is 33.8 Å². The molecule has 0 aliphatic carbocycles. The van der Waals surface area contributed by atoms with E-state index in [1.807, 2.05) is 29.1 Å². The van der Waals surface area contributed by atoms with Gasteiger partial charge in [0.2, 0.25) is 5.91 Å². The van der Waals surface area contributed by atoms with Gasteiger partial charge in [0.15, 0.2) is 5.82 Å². The van der Waals surface area contributed by atoms with Crippen molar-refractivity contribution in [1.29, 1.82) is 0 Å². The number of anilines is 1. The smallest absolute Gasteiger partial charge is 0.245 e. The van der Waals surface area contributed by atoms with Crippen LogP contribution in [0.5, 0.6) is 5.75 Å². The minimum absolute atomic E-state index is 0.0305. The van der Waals surface area contributed by atoms with Crippen molar-refractivity contribution in [1.82, 2.24) is 24.6 Å². The number of halogens is 2. The summed E-state index contributed by atoms with van der Waals surface area (Å²) in [6.07, 6.45) is 4.63. The molecule has 0 bridgehead atoms. The van der Waals surface area contributed by atoms with Gasteiger partial charge in [0.1, 0.15) is 17.1 Å². The number of aromatic nitrogens is 3. The first-order valence-electron chi connectivity index (χ1n) is 14.5. The Bertz CT molecular complexity index is 1920. The molecule has 0 saturated carbocycles. The highest BCUT2D eigenvalue weighted by atomic mass is 35.5. The number of hydrogen-bond donors (Lipinski definition) is 1. The number of piperidine rings is 1. The number of rotatable bonds is 5. The summed E-state index contributed by atoms with van der Waals surface area (Å²) in [5.74, 6) is 0.289. The molecule has 0 radical (unpaired) electrons. The van der Waals surface area contributed by atoms with Crippen LogP contribution < -0.4 is 4.90 Å². The Kier molecular flexibility index (Phi) is 6.74. The highest BCUT2D eigenvalue weighted by Crippen LogP contribution is 2.43. The number of fused-ring (bicyclic) bond motifs is 4. The quantitative estimate of drug-likeness (QED) is 0.250. The zero-order chi connectivity index (χ0) is 30.0. The third-order valence-corrected chi connectivity index (χ3v) is 9.32. The molecule has 8 nitrogen and oxygen atoms in total. The van der Waals surface area contributed by atoms with Crippen LogP contribution in [0.3, 0.4) is 0 Å². The number of hydrogen-bond acceptors (Lipinski definition) is 6. The second kappa shape index (κ2) is 10.5. The van der Waals surface area contributed by atoms with Crippen LogP contribution in [0.1, 0.15) is 18.9 Å². The van der Waals surface area contributed by atoms with Gasteiger partial charge < -0.3 is 19.8 Å². The summed E-state index contributed by atoms with van der Waals surface area (Å²) in [4.78, 5) is 23.3. The molecule has 2 aliphatic heterocycles. The van der Waals surface area contributed by atoms with Gasteiger partial charge in [-0.25, -0.2) is 9.37 Å². The van der Waals surface area contributed by atoms with E-state index < -0.39 is 5.82 Å². The largest absolute Gasteiger partial charge is 0.508 e. The van der Waals surface area contributed by atoms with E-state index in [4.69, 9.17) is 21.7 Å². The lowest BCUT2D eigenvalue weighted by atomic mass is 9.95. The molecule has 0 unspecified atom stereocenters. The van der Waals surface area contributed by atoms with E-state index in [0.717, 1.165) is 47.6 Å². The molecule has 4 heterocycles. The van der Waals surface area contributed by atoms with Crippen molar-refractivity contribution < 1.29 is 14.3 Å². The number of amides is 1. The number of phenolic OH excluding ortho intramolecular Hbond substituents is 1. The van der Waals surface area contributed by atoms with Gasteiger partial charge in [0, 0.05) is 43.2 Å². The number of carbonyl (C=O) groups excluding carboxylic acids is 1. The van der Waals surface area contributed by atoms with Crippen molar-refractivity contribution in [3.63, 3.8) is 0 Å². The van der Waals surface area contributed by atoms with Crippen LogP contribution in [0.2, 0.25) is 5.02 Å². The predicted molar refractivity (Wildman–Crippen MR) is 169 cm³/mol. The molecule has 2 aliphatic rings. The summed E-state index contributed by atoms with van der Waals surface area (Å²) in [7, 11) is 4.12. The number of carbonyl (C=O) groups is 1. The number of benzene rings is 3. The molecule has 10 heteroatoms. The summed E-state index contributed by atoms with van der Waals surface area (Å²) in [5.41, 5.74) is 1.96. The molecule has 0 atom stereocenters. The standard InChI is InChI=1S/C33H32ClFN6O2/c1-4-28(43)39-12-10-20(11-13-39)41-32-25-15-27(34)29(24-7-5-6-19-14-22(42)8-9-23(19)24)30(35)31(25)37-33(26(32)16-36-41)40-17-21(18-40)38(2)3/h4-9,14-16,20-21,42H,1,10-13,17-18H2,2-3H3. The zero-order valence-electron chi connectivity index (χ0n) is 24.1. The van der Waals surface area contributed by atoms with Crippen molar-refractivity contribution in [3.05, 3.63) is 72.2 Å². The maximum Gasteiger partial charge on any atom is 0.245 e. The fraction of sp³-hybridized carbons (Fsp3) is 0.303. The third-order valence-electron chi connectivity index (χ3n) is 9.02. The lowest BCUT2D eigenvalue weighted by molar-refractivity contribution is -0.127. The normalized spacial score (nSPS) is 16.5. The maximum atomic E-state index is 16.9. The lowest BCUT2D eigenvalue weighted by Crippen LogP contribution is -2.57. The van der Waals surface area contributed by atoms with E-state index >= 15 is 4.39 Å². The van der Waals surface area contributed by atoms with Gasteiger partial charge in [-0.1, -0.05) is 42.4 Å². The van der Waals surface area contributed by atoms with Crippen LogP contribution in [0.25, 0.3) is 43.7 Å². The fourth-order valence-electron chi connectivity index (χ4n) is 6.53. The molecule has 43 heavy (non-hydrogen) atoms. The van der Waals surface area contributed by atoms with Crippen molar-refractivity contribution in [2.45, 2.75) is 24.9 Å². The minimum Gasteiger partial charge on any atom is -0.508 e. The van der Waals surface area contributed by atoms with Gasteiger partial charge in [-0.3, -0.25) is 9.48 Å². The Balaban J connectivity index is 1.42. The fourth-order valence-corrected chi connectivity index (χ4v) is 6.82. The molecule has 2 fully saturated rings. The van der Waals surface area contributed by atoms with E-state index in [1.54, 1.807) is 29.2 Å². The SMILES string of the molecule is C=CC(=O)N1CCC(n2ncc3c(N4CC(N(C)C)C4)nc4c(F)c(-c5cccc6cc(O)ccc56)c(Cl)cc4c32)CC1. The summed E-state index contributed by atoms with van der Waals surface area (Å²) in [5, 5.41) is 18.2. The van der Waals surface area contributed by atoms with Crippen LogP contribution in [0.15, 0.2) is 61.3 Å². The Morgan fingerprint density at radius 2 is 1.88 bits per heavy atom. The van der Waals surface area contributed by atoms with Crippen molar-refractivity contribution >= 4 is 55.9 Å². The maximum absolute atomic E-state index is 16.9. The Morgan fingerprint density at radius 1 is 1.12 bits per heavy atom. The number of pyridine rings is 1. The average molecular weight is 599 g/mol. The van der Waals surface area contributed by atoms with Gasteiger partial charge in [-0.05, 0) is 67.5 Å². The lowest BCUT2D eigenvalue weighted by Gasteiger charge is -2.43. The van der Waals surface area contributed by atoms with Gasteiger partial charge in [0.05, 0.1) is 28.2 Å². The van der Waals surface area contributed by atoms with Crippen LogP contribution in [0, 0.1) is 5.82 Å². The number of nitrogens with zero attached hydrogens (tertiary/aromatic N) is 6. The number of likely N-dealkylation sites (N-methyl/N-ethyl adjacent to an activating group) is 1. The molecule has 220 valence electrons. The number of likely N-dealkylation sites (tertiary alicyclic amines) is 1. The summed E-state index contributed by atoms with van der Waals surface area (Å²) >= 11 is 6.93. The van der Waals surface area contributed by atoms with Crippen LogP contribution in [-0.4, -0.2) is 81.9 Å². The molecule has 1 amide bonds. The van der Waals surface area contributed by atoms with Crippen molar-refractivity contribution in [2.75, 3.05) is 45.2 Å². The Hall–Kier alpha value is -4.21. The third kappa shape index (κ3) is 4.49. The number of phenols is 1. The van der Waals surface area contributed by atoms with E-state index in [1.165, 1.54) is 6.08 Å².